The van der Waals surface area contributed by atoms with Gasteiger partial charge in [-0.2, -0.15) is 0 Å². The first-order valence-corrected chi connectivity index (χ1v) is 8.71. The molecule has 0 aromatic heterocycles. The van der Waals surface area contributed by atoms with Crippen molar-refractivity contribution >= 4 is 10.8 Å². The highest BCUT2D eigenvalue weighted by molar-refractivity contribution is 5.99. The molecule has 0 saturated carbocycles. The van der Waals surface area contributed by atoms with Crippen LogP contribution in [0.5, 0.6) is 11.5 Å². The highest BCUT2D eigenvalue weighted by atomic mass is 16.5. The van der Waals surface area contributed by atoms with Gasteiger partial charge >= 0.3 is 0 Å². The third kappa shape index (κ3) is 1.81. The van der Waals surface area contributed by atoms with E-state index in [1.165, 1.54) is 39.4 Å². The Labute approximate surface area is 138 Å². The van der Waals surface area contributed by atoms with Crippen molar-refractivity contribution in [2.75, 3.05) is 7.11 Å². The largest absolute Gasteiger partial charge is 0.496 e. The second-order valence-electron chi connectivity index (χ2n) is 7.92. The Morgan fingerprint density at radius 2 is 2.00 bits per heavy atom. The Morgan fingerprint density at radius 3 is 2.65 bits per heavy atom. The number of rotatable bonds is 2. The summed E-state index contributed by atoms with van der Waals surface area (Å²) in [6.07, 6.45) is 2.31. The summed E-state index contributed by atoms with van der Waals surface area (Å²) >= 11 is 0. The van der Waals surface area contributed by atoms with Gasteiger partial charge in [-0.3, -0.25) is 0 Å². The molecule has 2 nitrogen and oxygen atoms in total. The van der Waals surface area contributed by atoms with Crippen molar-refractivity contribution in [2.45, 2.75) is 64.9 Å². The van der Waals surface area contributed by atoms with Crippen molar-refractivity contribution in [1.29, 1.82) is 0 Å². The first kappa shape index (κ1) is 14.9. The van der Waals surface area contributed by atoms with Gasteiger partial charge in [0.05, 0.1) is 7.11 Å². The Kier molecular flexibility index (Phi) is 3.01. The van der Waals surface area contributed by atoms with Gasteiger partial charge in [-0.25, -0.2) is 0 Å². The van der Waals surface area contributed by atoms with Crippen molar-refractivity contribution in [1.82, 2.24) is 0 Å². The lowest BCUT2D eigenvalue weighted by Crippen LogP contribution is -2.31. The van der Waals surface area contributed by atoms with E-state index in [4.69, 9.17) is 9.47 Å². The Bertz CT molecular complexity index is 815. The summed E-state index contributed by atoms with van der Waals surface area (Å²) < 4.78 is 12.4. The number of methoxy groups -OCH3 is 1. The van der Waals surface area contributed by atoms with Crippen molar-refractivity contribution in [3.05, 3.63) is 34.4 Å². The lowest BCUT2D eigenvalue weighted by Gasteiger charge is -2.30. The average Bonchev–Trinajstić information content (AvgIpc) is 2.77. The number of aryl methyl sites for hydroxylation is 2. The monoisotopic (exact) mass is 310 g/mol. The van der Waals surface area contributed by atoms with Crippen LogP contribution in [-0.2, 0) is 6.42 Å². The molecule has 4 rings (SSSR count). The van der Waals surface area contributed by atoms with Crippen LogP contribution in [-0.4, -0.2) is 12.7 Å². The molecule has 2 aromatic carbocycles. The summed E-state index contributed by atoms with van der Waals surface area (Å²) in [5.41, 5.74) is 5.43. The van der Waals surface area contributed by atoms with E-state index < -0.39 is 0 Å². The maximum atomic E-state index is 6.53. The normalized spacial score (nSPS) is 20.9. The van der Waals surface area contributed by atoms with E-state index in [9.17, 15) is 0 Å². The molecule has 2 aliphatic rings. The van der Waals surface area contributed by atoms with Gasteiger partial charge < -0.3 is 9.47 Å². The fraction of sp³-hybridized carbons (Fsp3) is 0.524. The molecule has 0 bridgehead atoms. The Balaban J connectivity index is 2.22. The van der Waals surface area contributed by atoms with Crippen molar-refractivity contribution in [3.63, 3.8) is 0 Å². The van der Waals surface area contributed by atoms with Gasteiger partial charge in [0.15, 0.2) is 0 Å². The lowest BCUT2D eigenvalue weighted by molar-refractivity contribution is 0.105. The highest BCUT2D eigenvalue weighted by Crippen LogP contribution is 2.58. The van der Waals surface area contributed by atoms with E-state index in [2.05, 4.69) is 46.8 Å². The fourth-order valence-electron chi connectivity index (χ4n) is 4.73. The summed E-state index contributed by atoms with van der Waals surface area (Å²) in [4.78, 5) is 0. The standard InChI is InChI=1S/C21H26O2/c1-11(2)16-19(22-6)14-8-7-12(3)13-9-10-15-18(17(13)14)20(16)23-21(15,4)5/h7-8,11,15H,9-10H2,1-6H3. The van der Waals surface area contributed by atoms with Crippen LogP contribution in [0.3, 0.4) is 0 Å². The topological polar surface area (TPSA) is 18.5 Å². The first-order valence-electron chi connectivity index (χ1n) is 8.71. The van der Waals surface area contributed by atoms with Gasteiger partial charge in [0.1, 0.15) is 17.1 Å². The molecule has 1 aliphatic heterocycles. The van der Waals surface area contributed by atoms with Crippen LogP contribution in [0.2, 0.25) is 0 Å². The molecule has 23 heavy (non-hydrogen) atoms. The number of hydrogen-bond donors (Lipinski definition) is 0. The van der Waals surface area contributed by atoms with E-state index in [1.54, 1.807) is 7.11 Å². The first-order chi connectivity index (χ1) is 10.9. The molecule has 1 heterocycles. The number of ether oxygens (including phenoxy) is 2. The van der Waals surface area contributed by atoms with Gasteiger partial charge in [-0.05, 0) is 56.0 Å². The third-order valence-corrected chi connectivity index (χ3v) is 5.81. The van der Waals surface area contributed by atoms with Crippen LogP contribution in [0.25, 0.3) is 10.8 Å². The smallest absolute Gasteiger partial charge is 0.133 e. The summed E-state index contributed by atoms with van der Waals surface area (Å²) in [5, 5.41) is 2.67. The van der Waals surface area contributed by atoms with Crippen molar-refractivity contribution < 1.29 is 9.47 Å². The van der Waals surface area contributed by atoms with Gasteiger partial charge in [0.2, 0.25) is 0 Å². The molecule has 0 radical (unpaired) electrons. The molecule has 2 heteroatoms. The quantitative estimate of drug-likeness (QED) is 0.731. The minimum absolute atomic E-state index is 0.132. The fourth-order valence-corrected chi connectivity index (χ4v) is 4.73. The molecule has 1 aliphatic carbocycles. The van der Waals surface area contributed by atoms with Crippen molar-refractivity contribution in [2.24, 2.45) is 0 Å². The number of benzene rings is 2. The molecule has 0 fully saturated rings. The van der Waals surface area contributed by atoms with Crippen molar-refractivity contribution in [3.8, 4) is 11.5 Å². The second-order valence-corrected chi connectivity index (χ2v) is 7.92. The highest BCUT2D eigenvalue weighted by Gasteiger charge is 2.46. The molecule has 122 valence electrons. The zero-order chi connectivity index (χ0) is 16.5. The third-order valence-electron chi connectivity index (χ3n) is 5.81. The van der Waals surface area contributed by atoms with Crippen LogP contribution in [0.4, 0.5) is 0 Å². The number of hydrogen-bond acceptors (Lipinski definition) is 2. The van der Waals surface area contributed by atoms with Crippen LogP contribution < -0.4 is 9.47 Å². The molecular weight excluding hydrogens is 284 g/mol. The maximum absolute atomic E-state index is 6.53. The molecule has 0 spiro atoms. The predicted octanol–water partition coefficient (Wildman–Crippen LogP) is 5.48. The predicted molar refractivity (Wildman–Crippen MR) is 95.1 cm³/mol. The van der Waals surface area contributed by atoms with Crippen LogP contribution >= 0.6 is 0 Å². The zero-order valence-corrected chi connectivity index (χ0v) is 15.0. The maximum Gasteiger partial charge on any atom is 0.133 e. The second kappa shape index (κ2) is 4.66. The minimum Gasteiger partial charge on any atom is -0.496 e. The summed E-state index contributed by atoms with van der Waals surface area (Å²) in [6.45, 7) is 11.2. The summed E-state index contributed by atoms with van der Waals surface area (Å²) in [6, 6.07) is 4.49. The Hall–Kier alpha value is -1.70. The van der Waals surface area contributed by atoms with Crippen LogP contribution in [0.1, 0.15) is 68.2 Å². The molecule has 0 saturated heterocycles. The van der Waals surface area contributed by atoms with E-state index in [-0.39, 0.29) is 5.60 Å². The molecular formula is C21H26O2. The van der Waals surface area contributed by atoms with E-state index in [0.29, 0.717) is 11.8 Å². The molecule has 1 unspecified atom stereocenters. The summed E-state index contributed by atoms with van der Waals surface area (Å²) in [5.74, 6) is 2.97. The Morgan fingerprint density at radius 1 is 1.26 bits per heavy atom. The molecule has 0 N–H and O–H groups in total. The van der Waals surface area contributed by atoms with E-state index in [1.807, 2.05) is 0 Å². The summed E-state index contributed by atoms with van der Waals surface area (Å²) in [7, 11) is 1.79. The lowest BCUT2D eigenvalue weighted by atomic mass is 9.73. The molecule has 1 atom stereocenters. The van der Waals surface area contributed by atoms with E-state index in [0.717, 1.165) is 17.9 Å². The minimum atomic E-state index is -0.132. The van der Waals surface area contributed by atoms with Crippen LogP contribution in [0, 0.1) is 6.92 Å². The molecule has 2 aromatic rings. The zero-order valence-electron chi connectivity index (χ0n) is 15.0. The van der Waals surface area contributed by atoms with Gasteiger partial charge in [-0.15, -0.1) is 0 Å². The molecule has 0 amide bonds. The van der Waals surface area contributed by atoms with Crippen LogP contribution in [0.15, 0.2) is 12.1 Å². The van der Waals surface area contributed by atoms with Gasteiger partial charge in [0.25, 0.3) is 0 Å². The van der Waals surface area contributed by atoms with E-state index >= 15 is 0 Å². The van der Waals surface area contributed by atoms with Gasteiger partial charge in [0, 0.05) is 22.4 Å². The SMILES string of the molecule is COc1c(C(C)C)c2c3c4c(c(C)ccc14)CCC3C(C)(C)O2. The van der Waals surface area contributed by atoms with Gasteiger partial charge in [-0.1, -0.05) is 26.0 Å². The average molecular weight is 310 g/mol.